The Balaban J connectivity index is 1.83. The van der Waals surface area contributed by atoms with Gasteiger partial charge in [-0.15, -0.1) is 0 Å². The summed E-state index contributed by atoms with van der Waals surface area (Å²) in [6.07, 6.45) is 32.9. The van der Waals surface area contributed by atoms with E-state index in [1.165, 1.54) is 148 Å². The van der Waals surface area contributed by atoms with Crippen LogP contribution in [0.5, 0.6) is 0 Å². The van der Waals surface area contributed by atoms with Crippen LogP contribution in [-0.2, 0) is 9.47 Å². The second-order valence-corrected chi connectivity index (χ2v) is 10.1. The van der Waals surface area contributed by atoms with Gasteiger partial charge in [-0.25, -0.2) is 0 Å². The maximum Gasteiger partial charge on any atom is 0.107 e. The van der Waals surface area contributed by atoms with Crippen molar-refractivity contribution in [1.82, 2.24) is 0 Å². The molecule has 2 unspecified atom stereocenters. The molecule has 0 saturated carbocycles. The lowest BCUT2D eigenvalue weighted by Gasteiger charge is -2.16. The van der Waals surface area contributed by atoms with Gasteiger partial charge >= 0.3 is 0 Å². The zero-order valence-electron chi connectivity index (χ0n) is 21.6. The zero-order chi connectivity index (χ0) is 22.2. The quantitative estimate of drug-likeness (QED) is 0.0989. The van der Waals surface area contributed by atoms with Crippen molar-refractivity contribution in [3.05, 3.63) is 0 Å². The molecular weight excluding hydrogens is 380 g/mol. The summed E-state index contributed by atoms with van der Waals surface area (Å²) in [6.45, 7) is 6.46. The van der Waals surface area contributed by atoms with Crippen LogP contribution >= 0.6 is 0 Å². The maximum absolute atomic E-state index is 6.21. The fourth-order valence-corrected chi connectivity index (χ4v) is 4.66. The van der Waals surface area contributed by atoms with E-state index in [4.69, 9.17) is 9.47 Å². The molecule has 0 aromatic heterocycles. The smallest absolute Gasteiger partial charge is 0.107 e. The van der Waals surface area contributed by atoms with Crippen molar-refractivity contribution < 1.29 is 9.47 Å². The third-order valence-electron chi connectivity index (χ3n) is 6.95. The first-order valence-corrected chi connectivity index (χ1v) is 14.6. The Morgan fingerprint density at radius 3 is 1.29 bits per heavy atom. The molecule has 0 bridgehead atoms. The number of ether oxygens (including phenoxy) is 2. The van der Waals surface area contributed by atoms with E-state index in [9.17, 15) is 0 Å². The van der Waals surface area contributed by atoms with Crippen LogP contribution in [0.25, 0.3) is 0 Å². The van der Waals surface area contributed by atoms with E-state index >= 15 is 0 Å². The monoisotopic (exact) mass is 438 g/mol. The molecule has 0 aromatic carbocycles. The first-order chi connectivity index (χ1) is 15.4. The van der Waals surface area contributed by atoms with Gasteiger partial charge in [0.1, 0.15) is 6.10 Å². The van der Waals surface area contributed by atoms with Gasteiger partial charge in [0, 0.05) is 6.61 Å². The summed E-state index contributed by atoms with van der Waals surface area (Å²) in [7, 11) is 0. The van der Waals surface area contributed by atoms with Gasteiger partial charge in [-0.1, -0.05) is 149 Å². The topological polar surface area (TPSA) is 21.8 Å². The summed E-state index contributed by atoms with van der Waals surface area (Å²) in [5.41, 5.74) is 0. The van der Waals surface area contributed by atoms with Crippen LogP contribution in [0.3, 0.4) is 0 Å². The lowest BCUT2D eigenvalue weighted by molar-refractivity contribution is 0.0240. The van der Waals surface area contributed by atoms with Crippen molar-refractivity contribution in [2.24, 2.45) is 0 Å². The van der Waals surface area contributed by atoms with Crippen LogP contribution in [0, 0.1) is 0 Å². The molecular formula is C29H58O2. The van der Waals surface area contributed by atoms with E-state index in [1.807, 2.05) is 0 Å². The van der Waals surface area contributed by atoms with Gasteiger partial charge in [-0.2, -0.15) is 0 Å². The third-order valence-corrected chi connectivity index (χ3v) is 6.95. The SMILES string of the molecule is CCCCCCCCCCCCCCC(OCCCCCCCCCCCC)C1CO1. The predicted octanol–water partition coefficient (Wildman–Crippen LogP) is 9.78. The van der Waals surface area contributed by atoms with E-state index < -0.39 is 0 Å². The molecule has 1 fully saturated rings. The molecule has 0 aromatic rings. The second kappa shape index (κ2) is 23.1. The molecule has 0 spiro atoms. The van der Waals surface area contributed by atoms with E-state index in [0.29, 0.717) is 12.2 Å². The molecule has 1 saturated heterocycles. The van der Waals surface area contributed by atoms with Crippen LogP contribution in [0.2, 0.25) is 0 Å². The molecule has 31 heavy (non-hydrogen) atoms. The molecule has 1 aliphatic heterocycles. The molecule has 0 aliphatic carbocycles. The Hall–Kier alpha value is -0.0800. The van der Waals surface area contributed by atoms with Crippen LogP contribution in [0.15, 0.2) is 0 Å². The summed E-state index contributed by atoms with van der Waals surface area (Å²) in [4.78, 5) is 0. The Morgan fingerprint density at radius 1 is 0.548 bits per heavy atom. The van der Waals surface area contributed by atoms with Crippen molar-refractivity contribution >= 4 is 0 Å². The number of rotatable bonds is 26. The molecule has 0 radical (unpaired) electrons. The van der Waals surface area contributed by atoms with Crippen molar-refractivity contribution in [3.63, 3.8) is 0 Å². The predicted molar refractivity (Wildman–Crippen MR) is 137 cm³/mol. The normalized spacial score (nSPS) is 16.6. The van der Waals surface area contributed by atoms with Gasteiger partial charge in [-0.3, -0.25) is 0 Å². The van der Waals surface area contributed by atoms with E-state index in [2.05, 4.69) is 13.8 Å². The standard InChI is InChI=1S/C29H58O2/c1-3-5-7-9-11-13-15-16-17-19-21-23-25-28(29-27-31-29)30-26-24-22-20-18-14-12-10-8-6-4-2/h28-29H,3-27H2,1-2H3. The Bertz CT molecular complexity index is 340. The highest BCUT2D eigenvalue weighted by Gasteiger charge is 2.32. The Labute approximate surface area is 196 Å². The number of epoxide rings is 1. The molecule has 1 rings (SSSR count). The minimum atomic E-state index is 0.377. The van der Waals surface area contributed by atoms with Crippen LogP contribution in [0.1, 0.15) is 162 Å². The minimum Gasteiger partial charge on any atom is -0.375 e. The first kappa shape index (κ1) is 29.0. The summed E-state index contributed by atoms with van der Waals surface area (Å²) >= 11 is 0. The molecule has 0 N–H and O–H groups in total. The van der Waals surface area contributed by atoms with Gasteiger partial charge in [-0.05, 0) is 12.8 Å². The molecule has 1 aliphatic rings. The second-order valence-electron chi connectivity index (χ2n) is 10.1. The number of unbranched alkanes of at least 4 members (excludes halogenated alkanes) is 20. The van der Waals surface area contributed by atoms with Gasteiger partial charge in [0.15, 0.2) is 0 Å². The highest BCUT2D eigenvalue weighted by Crippen LogP contribution is 2.23. The lowest BCUT2D eigenvalue weighted by atomic mass is 10.0. The summed E-state index contributed by atoms with van der Waals surface area (Å²) in [5.74, 6) is 0. The molecule has 2 atom stereocenters. The lowest BCUT2D eigenvalue weighted by Crippen LogP contribution is -2.20. The van der Waals surface area contributed by atoms with Gasteiger partial charge in [0.2, 0.25) is 0 Å². The largest absolute Gasteiger partial charge is 0.375 e. The summed E-state index contributed by atoms with van der Waals surface area (Å²) in [5, 5.41) is 0. The van der Waals surface area contributed by atoms with Crippen LogP contribution in [-0.4, -0.2) is 25.4 Å². The van der Waals surface area contributed by atoms with Crippen LogP contribution in [0.4, 0.5) is 0 Å². The highest BCUT2D eigenvalue weighted by atomic mass is 16.6. The molecule has 0 amide bonds. The molecule has 186 valence electrons. The van der Waals surface area contributed by atoms with Crippen molar-refractivity contribution in [2.75, 3.05) is 13.2 Å². The Kier molecular flexibility index (Phi) is 21.6. The highest BCUT2D eigenvalue weighted by molar-refractivity contribution is 4.80. The average Bonchev–Trinajstić information content (AvgIpc) is 3.62. The zero-order valence-corrected chi connectivity index (χ0v) is 21.6. The molecule has 2 nitrogen and oxygen atoms in total. The van der Waals surface area contributed by atoms with Crippen molar-refractivity contribution in [3.8, 4) is 0 Å². The number of hydrogen-bond donors (Lipinski definition) is 0. The van der Waals surface area contributed by atoms with E-state index in [0.717, 1.165) is 13.2 Å². The molecule has 2 heteroatoms. The fourth-order valence-electron chi connectivity index (χ4n) is 4.66. The Morgan fingerprint density at radius 2 is 0.903 bits per heavy atom. The van der Waals surface area contributed by atoms with Gasteiger partial charge in [0.25, 0.3) is 0 Å². The van der Waals surface area contributed by atoms with Crippen molar-refractivity contribution in [2.45, 2.75) is 174 Å². The summed E-state index contributed by atoms with van der Waals surface area (Å²) < 4.78 is 11.8. The molecule has 1 heterocycles. The average molecular weight is 439 g/mol. The van der Waals surface area contributed by atoms with E-state index in [-0.39, 0.29) is 0 Å². The van der Waals surface area contributed by atoms with Gasteiger partial charge < -0.3 is 9.47 Å². The van der Waals surface area contributed by atoms with Crippen LogP contribution < -0.4 is 0 Å². The third kappa shape index (κ3) is 20.3. The van der Waals surface area contributed by atoms with Crippen molar-refractivity contribution in [1.29, 1.82) is 0 Å². The first-order valence-electron chi connectivity index (χ1n) is 14.6. The fraction of sp³-hybridized carbons (Fsp3) is 1.00. The van der Waals surface area contributed by atoms with Gasteiger partial charge in [0.05, 0.1) is 12.7 Å². The van der Waals surface area contributed by atoms with E-state index in [1.54, 1.807) is 0 Å². The summed E-state index contributed by atoms with van der Waals surface area (Å²) in [6, 6.07) is 0. The minimum absolute atomic E-state index is 0.377. The number of hydrogen-bond acceptors (Lipinski definition) is 2. The maximum atomic E-state index is 6.21.